The fourth-order valence-electron chi connectivity index (χ4n) is 7.87. The first kappa shape index (κ1) is 41.0. The van der Waals surface area contributed by atoms with Crippen LogP contribution >= 0.6 is 11.6 Å². The second kappa shape index (κ2) is 17.0. The van der Waals surface area contributed by atoms with Crippen molar-refractivity contribution >= 4 is 55.4 Å². The summed E-state index contributed by atoms with van der Waals surface area (Å²) in [6, 6.07) is 24.5. The predicted octanol–water partition coefficient (Wildman–Crippen LogP) is 10.0. The standard InChI is InChI=1S/C45H50ClN5O6S/c1-30(2)5-6-32-9-14-38(27-42(32)51(53)54)58(55,56)48-44(52)39-15-12-36(26-43(39)57-37-13-16-41-33(25-37)18-20-47-41)50-23-21-49(22-24-50)29-34-17-19-45(3,4)28-40(34)31-7-10-35(46)11-8-31/h7-16,18,20,25-27,30,47H,5-6,17,19,21-24,28-29H2,1-4H3,(H,48,52). The number of nitrogens with one attached hydrogen (secondary N) is 2. The summed E-state index contributed by atoms with van der Waals surface area (Å²) in [6.07, 6.45) is 6.18. The lowest BCUT2D eigenvalue weighted by Gasteiger charge is -2.39. The number of aromatic nitrogens is 1. The molecule has 4 aromatic carbocycles. The number of aromatic amines is 1. The van der Waals surface area contributed by atoms with Crippen molar-refractivity contribution < 1.29 is 22.9 Å². The zero-order valence-electron chi connectivity index (χ0n) is 33.4. The SMILES string of the molecule is CC(C)CCc1ccc(S(=O)(=O)NC(=O)c2ccc(N3CCN(CC4=C(c5ccc(Cl)cc5)CC(C)(C)CC4)CC3)cc2Oc2ccc3[nH]ccc3c2)cc1[N+](=O)[O-]. The van der Waals surface area contributed by atoms with Crippen LogP contribution in [0.25, 0.3) is 16.5 Å². The van der Waals surface area contributed by atoms with Gasteiger partial charge in [-0.25, -0.2) is 13.1 Å². The Morgan fingerprint density at radius 3 is 2.47 bits per heavy atom. The van der Waals surface area contributed by atoms with Crippen LogP contribution in [0, 0.1) is 21.4 Å². The number of benzene rings is 4. The van der Waals surface area contributed by atoms with Crippen molar-refractivity contribution in [2.24, 2.45) is 11.3 Å². The highest BCUT2D eigenvalue weighted by atomic mass is 35.5. The van der Waals surface area contributed by atoms with E-state index in [4.69, 9.17) is 16.3 Å². The quantitative estimate of drug-likeness (QED) is 0.0884. The number of hydrogen-bond acceptors (Lipinski definition) is 8. The minimum absolute atomic E-state index is 0.00469. The van der Waals surface area contributed by atoms with E-state index in [1.54, 1.807) is 24.3 Å². The van der Waals surface area contributed by atoms with E-state index < -0.39 is 20.9 Å². The minimum Gasteiger partial charge on any atom is -0.456 e. The fourth-order valence-corrected chi connectivity index (χ4v) is 8.98. The predicted molar refractivity (Wildman–Crippen MR) is 230 cm³/mol. The number of allylic oxidation sites excluding steroid dienone is 1. The molecule has 0 spiro atoms. The summed E-state index contributed by atoms with van der Waals surface area (Å²) < 4.78 is 35.6. The van der Waals surface area contributed by atoms with Gasteiger partial charge in [0.05, 0.1) is 15.4 Å². The molecule has 1 aliphatic carbocycles. The number of anilines is 1. The van der Waals surface area contributed by atoms with Crippen LogP contribution in [0.4, 0.5) is 11.4 Å². The monoisotopic (exact) mass is 823 g/mol. The largest absolute Gasteiger partial charge is 0.456 e. The molecule has 11 nitrogen and oxygen atoms in total. The molecular weight excluding hydrogens is 774 g/mol. The normalized spacial score (nSPS) is 16.2. The molecule has 1 amide bonds. The number of amides is 1. The Morgan fingerprint density at radius 1 is 0.983 bits per heavy atom. The highest BCUT2D eigenvalue weighted by Crippen LogP contribution is 2.43. The number of sulfonamides is 1. The molecule has 2 heterocycles. The van der Waals surface area contributed by atoms with Crippen LogP contribution < -0.4 is 14.4 Å². The number of nitro groups is 1. The van der Waals surface area contributed by atoms with Crippen LogP contribution in [0.3, 0.4) is 0 Å². The number of rotatable bonds is 13. The third-order valence-corrected chi connectivity index (χ3v) is 12.9. The number of halogens is 1. The molecule has 1 saturated heterocycles. The van der Waals surface area contributed by atoms with Crippen molar-refractivity contribution in [3.63, 3.8) is 0 Å². The van der Waals surface area contributed by atoms with Crippen LogP contribution in [0.1, 0.15) is 74.9 Å². The zero-order valence-corrected chi connectivity index (χ0v) is 35.0. The number of carbonyl (C=O) groups is 1. The van der Waals surface area contributed by atoms with E-state index in [1.165, 1.54) is 28.8 Å². The molecule has 1 aliphatic heterocycles. The maximum atomic E-state index is 13.8. The van der Waals surface area contributed by atoms with E-state index in [-0.39, 0.29) is 27.3 Å². The molecular formula is C45H50ClN5O6S. The van der Waals surface area contributed by atoms with Gasteiger partial charge in [0.25, 0.3) is 21.6 Å². The Morgan fingerprint density at radius 2 is 1.74 bits per heavy atom. The average Bonchev–Trinajstić information content (AvgIpc) is 3.66. The maximum absolute atomic E-state index is 13.8. The smallest absolute Gasteiger partial charge is 0.273 e. The molecule has 5 aromatic rings. The number of hydrogen-bond donors (Lipinski definition) is 2. The first-order valence-electron chi connectivity index (χ1n) is 19.8. The molecule has 2 aliphatic rings. The number of ether oxygens (including phenoxy) is 1. The average molecular weight is 824 g/mol. The number of aryl methyl sites for hydroxylation is 1. The van der Waals surface area contributed by atoms with Gasteiger partial charge < -0.3 is 14.6 Å². The zero-order chi connectivity index (χ0) is 41.2. The molecule has 304 valence electrons. The van der Waals surface area contributed by atoms with Gasteiger partial charge in [-0.3, -0.25) is 19.8 Å². The van der Waals surface area contributed by atoms with Crippen molar-refractivity contribution in [2.45, 2.75) is 64.7 Å². The highest BCUT2D eigenvalue weighted by molar-refractivity contribution is 7.90. The molecule has 1 aromatic heterocycles. The fraction of sp³-hybridized carbons (Fsp3) is 0.356. The molecule has 0 unspecified atom stereocenters. The number of carbonyl (C=O) groups excluding carboxylic acids is 1. The molecule has 1 fully saturated rings. The van der Waals surface area contributed by atoms with E-state index in [0.717, 1.165) is 79.7 Å². The van der Waals surface area contributed by atoms with Crippen LogP contribution in [0.15, 0.2) is 102 Å². The third-order valence-electron chi connectivity index (χ3n) is 11.3. The molecule has 7 rings (SSSR count). The van der Waals surface area contributed by atoms with Crippen LogP contribution in [0.2, 0.25) is 5.02 Å². The second-order valence-electron chi connectivity index (χ2n) is 16.6. The van der Waals surface area contributed by atoms with Crippen LogP contribution in [-0.2, 0) is 16.4 Å². The number of nitro benzene ring substituents is 1. The van der Waals surface area contributed by atoms with E-state index in [1.807, 2.05) is 50.4 Å². The summed E-state index contributed by atoms with van der Waals surface area (Å²) in [7, 11) is -4.49. The molecule has 0 bridgehead atoms. The highest BCUT2D eigenvalue weighted by Gasteiger charge is 2.30. The van der Waals surface area contributed by atoms with Gasteiger partial charge >= 0.3 is 0 Å². The summed E-state index contributed by atoms with van der Waals surface area (Å²) in [5.41, 5.74) is 6.27. The molecule has 0 atom stereocenters. The van der Waals surface area contributed by atoms with E-state index in [9.17, 15) is 23.3 Å². The lowest BCUT2D eigenvalue weighted by Crippen LogP contribution is -2.47. The van der Waals surface area contributed by atoms with Gasteiger partial charge in [0.1, 0.15) is 11.5 Å². The number of piperazine rings is 1. The van der Waals surface area contributed by atoms with Gasteiger partial charge in [-0.15, -0.1) is 0 Å². The topological polar surface area (TPSA) is 138 Å². The molecule has 58 heavy (non-hydrogen) atoms. The van der Waals surface area contributed by atoms with Gasteiger partial charge in [0.15, 0.2) is 0 Å². The summed E-state index contributed by atoms with van der Waals surface area (Å²) in [4.78, 5) is 32.7. The Balaban J connectivity index is 1.11. The van der Waals surface area contributed by atoms with Crippen LogP contribution in [0.5, 0.6) is 11.5 Å². The Kier molecular flexibility index (Phi) is 12.0. The molecule has 13 heteroatoms. The van der Waals surface area contributed by atoms with Gasteiger partial charge in [0, 0.05) is 78.2 Å². The first-order valence-corrected chi connectivity index (χ1v) is 21.7. The van der Waals surface area contributed by atoms with Gasteiger partial charge in [-0.1, -0.05) is 63.1 Å². The van der Waals surface area contributed by atoms with Crippen LogP contribution in [-0.4, -0.2) is 61.9 Å². The lowest BCUT2D eigenvalue weighted by molar-refractivity contribution is -0.385. The summed E-state index contributed by atoms with van der Waals surface area (Å²) in [6.45, 7) is 12.8. The summed E-state index contributed by atoms with van der Waals surface area (Å²) in [5.74, 6) is 0.0480. The molecule has 2 N–H and O–H groups in total. The van der Waals surface area contributed by atoms with E-state index in [2.05, 4.69) is 45.5 Å². The lowest BCUT2D eigenvalue weighted by atomic mass is 9.72. The summed E-state index contributed by atoms with van der Waals surface area (Å²) in [5, 5.41) is 13.6. The van der Waals surface area contributed by atoms with Crippen molar-refractivity contribution in [2.75, 3.05) is 37.6 Å². The van der Waals surface area contributed by atoms with Crippen molar-refractivity contribution in [1.82, 2.24) is 14.6 Å². The van der Waals surface area contributed by atoms with Gasteiger partial charge in [-0.2, -0.15) is 0 Å². The minimum atomic E-state index is -4.49. The summed E-state index contributed by atoms with van der Waals surface area (Å²) >= 11 is 6.23. The molecule has 0 saturated carbocycles. The third kappa shape index (κ3) is 9.57. The maximum Gasteiger partial charge on any atom is 0.273 e. The van der Waals surface area contributed by atoms with E-state index in [0.29, 0.717) is 30.1 Å². The number of nitrogens with zero attached hydrogens (tertiary/aromatic N) is 3. The Labute approximate surface area is 345 Å². The Hall–Kier alpha value is -5.17. The number of H-pyrrole nitrogens is 1. The number of fused-ring (bicyclic) bond motifs is 1. The van der Waals surface area contributed by atoms with Gasteiger partial charge in [0.2, 0.25) is 0 Å². The van der Waals surface area contributed by atoms with Crippen molar-refractivity contribution in [3.8, 4) is 11.5 Å². The second-order valence-corrected chi connectivity index (χ2v) is 18.7. The molecule has 0 radical (unpaired) electrons. The van der Waals surface area contributed by atoms with E-state index >= 15 is 0 Å². The van der Waals surface area contributed by atoms with Gasteiger partial charge in [-0.05, 0) is 109 Å². The van der Waals surface area contributed by atoms with Crippen molar-refractivity contribution in [1.29, 1.82) is 0 Å². The Bertz CT molecular complexity index is 2470. The van der Waals surface area contributed by atoms with Crippen molar-refractivity contribution in [3.05, 3.63) is 129 Å². The first-order chi connectivity index (χ1) is 27.6.